The second-order valence-electron chi connectivity index (χ2n) is 7.80. The minimum absolute atomic E-state index is 0.129. The van der Waals surface area contributed by atoms with Gasteiger partial charge in [-0.25, -0.2) is 8.42 Å². The molecule has 1 aromatic rings. The Morgan fingerprint density at radius 2 is 1.82 bits per heavy atom. The third-order valence-electron chi connectivity index (χ3n) is 5.74. The Labute approximate surface area is 168 Å². The Morgan fingerprint density at radius 1 is 1.11 bits per heavy atom. The average Bonchev–Trinajstić information content (AvgIpc) is 2.98. The monoisotopic (exact) mass is 408 g/mol. The highest BCUT2D eigenvalue weighted by Gasteiger charge is 2.35. The topological polar surface area (TPSA) is 66.9 Å². The van der Waals surface area contributed by atoms with Gasteiger partial charge in [0.05, 0.1) is 17.4 Å². The zero-order valence-corrected chi connectivity index (χ0v) is 17.8. The molecule has 1 atom stereocenters. The van der Waals surface area contributed by atoms with E-state index in [-0.39, 0.29) is 23.3 Å². The molecular formula is C21H32N2O4S. The summed E-state index contributed by atoms with van der Waals surface area (Å²) in [6, 6.07) is 4.99. The molecule has 2 heterocycles. The Kier molecular flexibility index (Phi) is 6.99. The summed E-state index contributed by atoms with van der Waals surface area (Å²) in [7, 11) is -3.61. The van der Waals surface area contributed by atoms with Gasteiger partial charge < -0.3 is 9.64 Å². The number of likely N-dealkylation sites (tertiary alicyclic amines) is 1. The van der Waals surface area contributed by atoms with Crippen LogP contribution in [0.25, 0.3) is 0 Å². The molecule has 1 aromatic carbocycles. The molecule has 2 saturated heterocycles. The fraction of sp³-hybridized carbons (Fsp3) is 0.667. The Hall–Kier alpha value is -1.60. The van der Waals surface area contributed by atoms with E-state index in [1.165, 1.54) is 17.1 Å². The van der Waals surface area contributed by atoms with Gasteiger partial charge in [0, 0.05) is 26.2 Å². The number of ether oxygens (including phenoxy) is 1. The van der Waals surface area contributed by atoms with E-state index in [2.05, 4.69) is 0 Å². The summed E-state index contributed by atoms with van der Waals surface area (Å²) in [6.45, 7) is 6.66. The van der Waals surface area contributed by atoms with Crippen LogP contribution in [0, 0.1) is 12.8 Å². The molecular weight excluding hydrogens is 376 g/mol. The first-order valence-corrected chi connectivity index (χ1v) is 11.9. The van der Waals surface area contributed by atoms with Crippen LogP contribution in [0.4, 0.5) is 0 Å². The van der Waals surface area contributed by atoms with Crippen molar-refractivity contribution in [3.63, 3.8) is 0 Å². The van der Waals surface area contributed by atoms with Crippen LogP contribution in [0.15, 0.2) is 23.1 Å². The van der Waals surface area contributed by atoms with Crippen molar-refractivity contribution in [2.24, 2.45) is 5.92 Å². The SMILES string of the molecule is CCOc1ccc(S(=O)(=O)N2CCC[C@@H](C(=O)N3CCCCCC3)C2)cc1C. The second-order valence-corrected chi connectivity index (χ2v) is 9.74. The first-order chi connectivity index (χ1) is 13.4. The molecule has 0 bridgehead atoms. The number of carbonyl (C=O) groups excluding carboxylic acids is 1. The normalized spacial score (nSPS) is 21.9. The van der Waals surface area contributed by atoms with Gasteiger partial charge in [-0.3, -0.25) is 4.79 Å². The molecule has 7 heteroatoms. The summed E-state index contributed by atoms with van der Waals surface area (Å²) in [5.41, 5.74) is 0.803. The predicted octanol–water partition coefficient (Wildman–Crippen LogP) is 3.20. The highest BCUT2D eigenvalue weighted by molar-refractivity contribution is 7.89. The van der Waals surface area contributed by atoms with E-state index in [0.717, 1.165) is 44.3 Å². The van der Waals surface area contributed by atoms with Gasteiger partial charge in [0.2, 0.25) is 15.9 Å². The highest BCUT2D eigenvalue weighted by Crippen LogP contribution is 2.28. The lowest BCUT2D eigenvalue weighted by Gasteiger charge is -2.34. The number of piperidine rings is 1. The first-order valence-electron chi connectivity index (χ1n) is 10.5. The molecule has 2 aliphatic rings. The van der Waals surface area contributed by atoms with Crippen molar-refractivity contribution >= 4 is 15.9 Å². The largest absolute Gasteiger partial charge is 0.494 e. The summed E-state index contributed by atoms with van der Waals surface area (Å²) in [5.74, 6) is 0.601. The number of hydrogen-bond acceptors (Lipinski definition) is 4. The van der Waals surface area contributed by atoms with Gasteiger partial charge in [-0.2, -0.15) is 4.31 Å². The lowest BCUT2D eigenvalue weighted by atomic mass is 9.98. The van der Waals surface area contributed by atoms with E-state index in [9.17, 15) is 13.2 Å². The molecule has 0 aliphatic carbocycles. The number of nitrogens with zero attached hydrogens (tertiary/aromatic N) is 2. The molecule has 0 N–H and O–H groups in total. The van der Waals surface area contributed by atoms with Crippen molar-refractivity contribution in [2.75, 3.05) is 32.8 Å². The van der Waals surface area contributed by atoms with Crippen LogP contribution in [0.5, 0.6) is 5.75 Å². The Morgan fingerprint density at radius 3 is 2.46 bits per heavy atom. The minimum Gasteiger partial charge on any atom is -0.494 e. The molecule has 2 aliphatic heterocycles. The summed E-state index contributed by atoms with van der Waals surface area (Å²) in [6.07, 6.45) is 5.93. The second kappa shape index (κ2) is 9.27. The van der Waals surface area contributed by atoms with Crippen molar-refractivity contribution in [3.05, 3.63) is 23.8 Å². The lowest BCUT2D eigenvalue weighted by Crippen LogP contribution is -2.47. The number of hydrogen-bond donors (Lipinski definition) is 0. The van der Waals surface area contributed by atoms with E-state index in [1.807, 2.05) is 18.7 Å². The third kappa shape index (κ3) is 4.69. The fourth-order valence-electron chi connectivity index (χ4n) is 4.16. The molecule has 3 rings (SSSR count). The van der Waals surface area contributed by atoms with Crippen molar-refractivity contribution < 1.29 is 17.9 Å². The van der Waals surface area contributed by atoms with Crippen molar-refractivity contribution in [1.82, 2.24) is 9.21 Å². The molecule has 0 saturated carbocycles. The summed E-state index contributed by atoms with van der Waals surface area (Å²) in [5, 5.41) is 0. The fourth-order valence-corrected chi connectivity index (χ4v) is 5.77. The van der Waals surface area contributed by atoms with Gasteiger partial charge in [-0.1, -0.05) is 12.8 Å². The van der Waals surface area contributed by atoms with E-state index in [0.29, 0.717) is 18.9 Å². The summed E-state index contributed by atoms with van der Waals surface area (Å²) < 4.78 is 33.3. The van der Waals surface area contributed by atoms with Crippen LogP contribution < -0.4 is 4.74 Å². The minimum atomic E-state index is -3.61. The molecule has 28 heavy (non-hydrogen) atoms. The zero-order chi connectivity index (χ0) is 20.1. The van der Waals surface area contributed by atoms with Crippen LogP contribution in [-0.2, 0) is 14.8 Å². The average molecular weight is 409 g/mol. The van der Waals surface area contributed by atoms with Gasteiger partial charge in [0.15, 0.2) is 0 Å². The quantitative estimate of drug-likeness (QED) is 0.750. The number of benzene rings is 1. The predicted molar refractivity (Wildman–Crippen MR) is 109 cm³/mol. The lowest BCUT2D eigenvalue weighted by molar-refractivity contribution is -0.136. The van der Waals surface area contributed by atoms with E-state index < -0.39 is 10.0 Å². The molecule has 1 amide bonds. The molecule has 6 nitrogen and oxygen atoms in total. The van der Waals surface area contributed by atoms with Crippen molar-refractivity contribution in [2.45, 2.75) is 57.3 Å². The molecule has 156 valence electrons. The smallest absolute Gasteiger partial charge is 0.243 e. The van der Waals surface area contributed by atoms with Crippen LogP contribution in [-0.4, -0.2) is 56.3 Å². The molecule has 0 aromatic heterocycles. The molecule has 2 fully saturated rings. The van der Waals surface area contributed by atoms with Crippen molar-refractivity contribution in [1.29, 1.82) is 0 Å². The highest BCUT2D eigenvalue weighted by atomic mass is 32.2. The summed E-state index contributed by atoms with van der Waals surface area (Å²) in [4.78, 5) is 15.2. The van der Waals surface area contributed by atoms with Crippen molar-refractivity contribution in [3.8, 4) is 5.75 Å². The third-order valence-corrected chi connectivity index (χ3v) is 7.60. The number of carbonyl (C=O) groups is 1. The van der Waals surface area contributed by atoms with Gasteiger partial charge in [0.1, 0.15) is 5.75 Å². The van der Waals surface area contributed by atoms with Crippen LogP contribution in [0.2, 0.25) is 0 Å². The van der Waals surface area contributed by atoms with Crippen LogP contribution >= 0.6 is 0 Å². The standard InChI is InChI=1S/C21H32N2O4S/c1-3-27-20-11-10-19(15-17(20)2)28(25,26)23-14-8-9-18(16-23)21(24)22-12-6-4-5-7-13-22/h10-11,15,18H,3-9,12-14,16H2,1-2H3/t18-/m1/s1. The molecule has 0 unspecified atom stereocenters. The number of aryl methyl sites for hydroxylation is 1. The zero-order valence-electron chi connectivity index (χ0n) is 17.0. The van der Waals surface area contributed by atoms with E-state index >= 15 is 0 Å². The maximum absolute atomic E-state index is 13.2. The Balaban J connectivity index is 1.73. The first kappa shape index (κ1) is 21.1. The maximum Gasteiger partial charge on any atom is 0.243 e. The summed E-state index contributed by atoms with van der Waals surface area (Å²) >= 11 is 0. The van der Waals surface area contributed by atoms with Gasteiger partial charge in [-0.15, -0.1) is 0 Å². The molecule has 0 radical (unpaired) electrons. The maximum atomic E-state index is 13.2. The van der Waals surface area contributed by atoms with Gasteiger partial charge in [0.25, 0.3) is 0 Å². The van der Waals surface area contributed by atoms with Crippen LogP contribution in [0.3, 0.4) is 0 Å². The number of amides is 1. The number of rotatable bonds is 5. The van der Waals surface area contributed by atoms with Gasteiger partial charge >= 0.3 is 0 Å². The van der Waals surface area contributed by atoms with E-state index in [1.54, 1.807) is 18.2 Å². The Bertz CT molecular complexity index is 786. The van der Waals surface area contributed by atoms with Gasteiger partial charge in [-0.05, 0) is 63.3 Å². The molecule has 0 spiro atoms. The van der Waals surface area contributed by atoms with Crippen LogP contribution in [0.1, 0.15) is 51.0 Å². The van der Waals surface area contributed by atoms with E-state index in [4.69, 9.17) is 4.74 Å². The number of sulfonamides is 1.